The van der Waals surface area contributed by atoms with Crippen molar-refractivity contribution in [1.29, 1.82) is 5.26 Å². The number of hydrogen-bond acceptors (Lipinski definition) is 2. The number of nitrogens with zero attached hydrogens (tertiary/aromatic N) is 2. The molecule has 0 aliphatic carbocycles. The molecular weight excluding hydrogens is 424 g/mol. The van der Waals surface area contributed by atoms with Crippen LogP contribution in [0, 0.1) is 17.2 Å². The van der Waals surface area contributed by atoms with Crippen molar-refractivity contribution in [1.82, 2.24) is 4.90 Å². The lowest BCUT2D eigenvalue weighted by molar-refractivity contribution is 0.146. The fraction of sp³-hybridized carbons (Fsp3) is 0.367. The highest BCUT2D eigenvalue weighted by atomic mass is 35.5. The Hall–Kier alpha value is -2.60. The van der Waals surface area contributed by atoms with Gasteiger partial charge in [0.1, 0.15) is 0 Å². The molecule has 0 aliphatic heterocycles. The van der Waals surface area contributed by atoms with Gasteiger partial charge in [0.2, 0.25) is 0 Å². The molecular formula is C30H35ClN2. The molecule has 0 spiro atoms. The van der Waals surface area contributed by atoms with E-state index in [-0.39, 0.29) is 18.0 Å². The molecule has 0 amide bonds. The van der Waals surface area contributed by atoms with Gasteiger partial charge in [-0.2, -0.15) is 5.26 Å². The lowest BCUT2D eigenvalue weighted by Gasteiger charge is -2.37. The second-order valence-corrected chi connectivity index (χ2v) is 9.70. The topological polar surface area (TPSA) is 27.0 Å². The van der Waals surface area contributed by atoms with Gasteiger partial charge in [-0.25, -0.2) is 0 Å². The highest BCUT2D eigenvalue weighted by molar-refractivity contribution is 6.30. The van der Waals surface area contributed by atoms with Crippen molar-refractivity contribution in [3.63, 3.8) is 0 Å². The van der Waals surface area contributed by atoms with Gasteiger partial charge in [-0.1, -0.05) is 98.2 Å². The van der Waals surface area contributed by atoms with Crippen molar-refractivity contribution < 1.29 is 0 Å². The molecule has 33 heavy (non-hydrogen) atoms. The van der Waals surface area contributed by atoms with Crippen molar-refractivity contribution in [2.45, 2.75) is 58.0 Å². The minimum Gasteiger partial charge on any atom is -0.290 e. The number of rotatable bonds is 10. The van der Waals surface area contributed by atoms with Crippen LogP contribution in [-0.4, -0.2) is 11.4 Å². The van der Waals surface area contributed by atoms with E-state index in [1.54, 1.807) is 0 Å². The molecule has 0 bridgehead atoms. The molecule has 0 N–H and O–H groups in total. The molecule has 172 valence electrons. The number of hydrogen-bond donors (Lipinski definition) is 0. The monoisotopic (exact) mass is 458 g/mol. The summed E-state index contributed by atoms with van der Waals surface area (Å²) in [6, 6.07) is 32.4. The van der Waals surface area contributed by atoms with Crippen LogP contribution in [0.4, 0.5) is 0 Å². The Bertz CT molecular complexity index is 979. The van der Waals surface area contributed by atoms with Crippen molar-refractivity contribution >= 4 is 11.6 Å². The van der Waals surface area contributed by atoms with E-state index in [1.807, 2.05) is 24.3 Å². The minimum atomic E-state index is -0.526. The zero-order valence-corrected chi connectivity index (χ0v) is 21.0. The fourth-order valence-electron chi connectivity index (χ4n) is 4.87. The maximum atomic E-state index is 10.3. The van der Waals surface area contributed by atoms with Crippen molar-refractivity contribution in [3.05, 3.63) is 107 Å². The van der Waals surface area contributed by atoms with Crippen LogP contribution in [0.1, 0.15) is 69.3 Å². The third-order valence-electron chi connectivity index (χ3n) is 7.09. The maximum absolute atomic E-state index is 10.3. The second kappa shape index (κ2) is 11.5. The number of nitriles is 1. The summed E-state index contributed by atoms with van der Waals surface area (Å²) in [4.78, 5) is 2.56. The first-order valence-electron chi connectivity index (χ1n) is 11.9. The molecule has 3 aromatic rings. The summed E-state index contributed by atoms with van der Waals surface area (Å²) >= 11 is 6.13. The van der Waals surface area contributed by atoms with E-state index >= 15 is 0 Å². The predicted octanol–water partition coefficient (Wildman–Crippen LogP) is 8.36. The summed E-state index contributed by atoms with van der Waals surface area (Å²) in [6.07, 6.45) is 1.74. The van der Waals surface area contributed by atoms with E-state index in [0.717, 1.165) is 24.9 Å². The first-order chi connectivity index (χ1) is 15.9. The van der Waals surface area contributed by atoms with Gasteiger partial charge in [-0.15, -0.1) is 0 Å². The zero-order chi connectivity index (χ0) is 23.8. The normalized spacial score (nSPS) is 15.1. The van der Waals surface area contributed by atoms with Crippen molar-refractivity contribution in [3.8, 4) is 6.07 Å². The Balaban J connectivity index is 1.84. The molecule has 0 heterocycles. The van der Waals surface area contributed by atoms with Gasteiger partial charge in [0, 0.05) is 17.1 Å². The molecule has 0 radical (unpaired) electrons. The SMILES string of the molecule is CC(c1ccccc1)N(CCCC(C#N)(c1ccc(Cl)cc1)C(C)C)C(C)c1ccccc1. The minimum absolute atomic E-state index is 0.204. The molecule has 0 aliphatic rings. The van der Waals surface area contributed by atoms with Crippen LogP contribution in [-0.2, 0) is 5.41 Å². The Morgan fingerprint density at radius 3 is 1.70 bits per heavy atom. The summed E-state index contributed by atoms with van der Waals surface area (Å²) in [5.74, 6) is 0.204. The molecule has 2 nitrogen and oxygen atoms in total. The second-order valence-electron chi connectivity index (χ2n) is 9.26. The van der Waals surface area contributed by atoms with Gasteiger partial charge in [-0.3, -0.25) is 4.90 Å². The van der Waals surface area contributed by atoms with Gasteiger partial charge in [-0.05, 0) is 68.0 Å². The highest BCUT2D eigenvalue weighted by Gasteiger charge is 2.36. The third kappa shape index (κ3) is 5.85. The highest BCUT2D eigenvalue weighted by Crippen LogP contribution is 2.38. The Kier molecular flexibility index (Phi) is 8.73. The van der Waals surface area contributed by atoms with E-state index < -0.39 is 5.41 Å². The van der Waals surface area contributed by atoms with Gasteiger partial charge in [0.25, 0.3) is 0 Å². The molecule has 3 heteroatoms. The van der Waals surface area contributed by atoms with Crippen molar-refractivity contribution in [2.24, 2.45) is 5.92 Å². The molecule has 0 saturated heterocycles. The molecule has 0 aromatic heterocycles. The largest absolute Gasteiger partial charge is 0.290 e. The molecule has 3 unspecified atom stereocenters. The standard InChI is InChI=1S/C30H35ClN2/c1-23(2)30(22-32,28-16-18-29(31)19-17-28)20-11-21-33(24(3)26-12-7-5-8-13-26)25(4)27-14-9-6-10-15-27/h5-10,12-19,23-25H,11,20-21H2,1-4H3. The molecule has 0 fully saturated rings. The lowest BCUT2D eigenvalue weighted by atomic mass is 9.70. The van der Waals surface area contributed by atoms with Crippen LogP contribution in [0.15, 0.2) is 84.9 Å². The van der Waals surface area contributed by atoms with Crippen LogP contribution in [0.3, 0.4) is 0 Å². The first kappa shape index (κ1) is 25.0. The van der Waals surface area contributed by atoms with Crippen molar-refractivity contribution in [2.75, 3.05) is 6.54 Å². The molecule has 3 aromatic carbocycles. The average Bonchev–Trinajstić information content (AvgIpc) is 2.85. The average molecular weight is 459 g/mol. The summed E-state index contributed by atoms with van der Waals surface area (Å²) in [5, 5.41) is 11.0. The van der Waals surface area contributed by atoms with E-state index in [0.29, 0.717) is 5.02 Å². The third-order valence-corrected chi connectivity index (χ3v) is 7.34. The predicted molar refractivity (Wildman–Crippen MR) is 139 cm³/mol. The quantitative estimate of drug-likeness (QED) is 0.305. The van der Waals surface area contributed by atoms with Crippen LogP contribution >= 0.6 is 11.6 Å². The zero-order valence-electron chi connectivity index (χ0n) is 20.2. The van der Waals surface area contributed by atoms with Crippen LogP contribution in [0.2, 0.25) is 5.02 Å². The number of benzene rings is 3. The van der Waals surface area contributed by atoms with Gasteiger partial charge in [0.15, 0.2) is 0 Å². The summed E-state index contributed by atoms with van der Waals surface area (Å²) < 4.78 is 0. The van der Waals surface area contributed by atoms with E-state index in [1.165, 1.54) is 11.1 Å². The van der Waals surface area contributed by atoms with E-state index in [9.17, 15) is 5.26 Å². The van der Waals surface area contributed by atoms with Gasteiger partial charge < -0.3 is 0 Å². The molecule has 3 atom stereocenters. The fourth-order valence-corrected chi connectivity index (χ4v) is 5.00. The van der Waals surface area contributed by atoms with Crippen LogP contribution in [0.5, 0.6) is 0 Å². The first-order valence-corrected chi connectivity index (χ1v) is 12.3. The van der Waals surface area contributed by atoms with E-state index in [2.05, 4.69) is 99.3 Å². The lowest BCUT2D eigenvalue weighted by Crippen LogP contribution is -2.35. The Morgan fingerprint density at radius 1 is 0.788 bits per heavy atom. The smallest absolute Gasteiger partial charge is 0.0845 e. The Labute approximate surface area is 204 Å². The summed E-state index contributed by atoms with van der Waals surface area (Å²) in [7, 11) is 0. The van der Waals surface area contributed by atoms with Crippen LogP contribution in [0.25, 0.3) is 0 Å². The summed E-state index contributed by atoms with van der Waals surface area (Å²) in [5.41, 5.74) is 3.16. The summed E-state index contributed by atoms with van der Waals surface area (Å²) in [6.45, 7) is 9.78. The number of halogens is 1. The Morgan fingerprint density at radius 2 is 1.27 bits per heavy atom. The van der Waals surface area contributed by atoms with Gasteiger partial charge >= 0.3 is 0 Å². The van der Waals surface area contributed by atoms with Crippen LogP contribution < -0.4 is 0 Å². The molecule has 0 saturated carbocycles. The van der Waals surface area contributed by atoms with Gasteiger partial charge in [0.05, 0.1) is 11.5 Å². The molecule has 3 rings (SSSR count). The van der Waals surface area contributed by atoms with E-state index in [4.69, 9.17) is 11.6 Å². The maximum Gasteiger partial charge on any atom is 0.0845 e.